The van der Waals surface area contributed by atoms with Crippen molar-refractivity contribution in [1.29, 1.82) is 0 Å². The van der Waals surface area contributed by atoms with Crippen molar-refractivity contribution < 1.29 is 4.79 Å². The summed E-state index contributed by atoms with van der Waals surface area (Å²) in [5.41, 5.74) is 2.64. The highest BCUT2D eigenvalue weighted by atomic mass is 35.5. The van der Waals surface area contributed by atoms with Crippen LogP contribution in [0, 0.1) is 6.92 Å². The van der Waals surface area contributed by atoms with Crippen molar-refractivity contribution in [3.05, 3.63) is 22.7 Å². The van der Waals surface area contributed by atoms with Crippen molar-refractivity contribution in [2.45, 2.75) is 6.92 Å². The van der Waals surface area contributed by atoms with Crippen LogP contribution in [0.4, 0.5) is 16.2 Å². The lowest BCUT2D eigenvalue weighted by Crippen LogP contribution is -2.09. The third kappa shape index (κ3) is 2.42. The van der Waals surface area contributed by atoms with Crippen LogP contribution in [-0.2, 0) is 0 Å². The van der Waals surface area contributed by atoms with Crippen molar-refractivity contribution in [2.24, 2.45) is 0 Å². The Bertz CT molecular complexity index is 368. The number of hydrogen-bond donors (Lipinski definition) is 2. The number of hydrogen-bond acceptors (Lipinski definition) is 2. The molecule has 14 heavy (non-hydrogen) atoms. The summed E-state index contributed by atoms with van der Waals surface area (Å²) in [5.74, 6) is -0.127. The van der Waals surface area contributed by atoms with E-state index in [2.05, 4.69) is 10.6 Å². The minimum absolute atomic E-state index is 0.127. The standard InChI is InChI=1S/C9H12BClN2O/c1-5-3-6(11)8(13-9(10)14)4-7(5)12-2/h3-4,12H,10H2,1-2H3,(H,13,14). The Labute approximate surface area is 89.2 Å². The zero-order chi connectivity index (χ0) is 10.7. The summed E-state index contributed by atoms with van der Waals surface area (Å²) < 4.78 is 0. The molecule has 1 aromatic carbocycles. The van der Waals surface area contributed by atoms with E-state index in [4.69, 9.17) is 11.6 Å². The third-order valence-corrected chi connectivity index (χ3v) is 2.21. The van der Waals surface area contributed by atoms with Gasteiger partial charge >= 0.3 is 0 Å². The van der Waals surface area contributed by atoms with Gasteiger partial charge in [-0.25, -0.2) is 0 Å². The third-order valence-electron chi connectivity index (χ3n) is 1.89. The number of nitrogens with one attached hydrogen (secondary N) is 2. The van der Waals surface area contributed by atoms with E-state index in [-0.39, 0.29) is 5.81 Å². The van der Waals surface area contributed by atoms with Gasteiger partial charge in [0.2, 0.25) is 7.85 Å². The smallest absolute Gasteiger partial charge is 0.216 e. The Hall–Kier alpha value is -1.16. The fraction of sp³-hybridized carbons (Fsp3) is 0.222. The zero-order valence-corrected chi connectivity index (χ0v) is 9.20. The Morgan fingerprint density at radius 3 is 2.57 bits per heavy atom. The van der Waals surface area contributed by atoms with Gasteiger partial charge in [-0.3, -0.25) is 4.79 Å². The summed E-state index contributed by atoms with van der Waals surface area (Å²) in [6.07, 6.45) is 0. The number of rotatable bonds is 2. The first kappa shape index (κ1) is 10.9. The van der Waals surface area contributed by atoms with Crippen LogP contribution in [0.1, 0.15) is 5.56 Å². The molecule has 0 bridgehead atoms. The molecule has 0 aromatic heterocycles. The predicted molar refractivity (Wildman–Crippen MR) is 63.3 cm³/mol. The molecule has 0 fully saturated rings. The van der Waals surface area contributed by atoms with E-state index in [1.807, 2.05) is 26.1 Å². The van der Waals surface area contributed by atoms with E-state index in [0.29, 0.717) is 10.7 Å². The molecule has 0 aliphatic carbocycles. The summed E-state index contributed by atoms with van der Waals surface area (Å²) in [7, 11) is 3.28. The maximum atomic E-state index is 10.9. The summed E-state index contributed by atoms with van der Waals surface area (Å²) in [5, 5.41) is 6.24. The van der Waals surface area contributed by atoms with Crippen molar-refractivity contribution in [3.8, 4) is 0 Å². The molecule has 3 nitrogen and oxygen atoms in total. The maximum Gasteiger partial charge on any atom is 0.216 e. The second-order valence-corrected chi connectivity index (χ2v) is 3.49. The molecule has 0 heterocycles. The van der Waals surface area contributed by atoms with Gasteiger partial charge in [-0.15, -0.1) is 0 Å². The monoisotopic (exact) mass is 210 g/mol. The van der Waals surface area contributed by atoms with Gasteiger partial charge in [0.05, 0.1) is 10.7 Å². The molecule has 74 valence electrons. The van der Waals surface area contributed by atoms with Gasteiger partial charge in [-0.05, 0) is 24.6 Å². The van der Waals surface area contributed by atoms with E-state index in [9.17, 15) is 4.79 Å². The van der Waals surface area contributed by atoms with Gasteiger partial charge < -0.3 is 10.6 Å². The first-order valence-electron chi connectivity index (χ1n) is 4.30. The van der Waals surface area contributed by atoms with Crippen LogP contribution in [0.2, 0.25) is 5.02 Å². The van der Waals surface area contributed by atoms with Crippen molar-refractivity contribution >= 4 is 36.6 Å². The number of halogens is 1. The lowest BCUT2D eigenvalue weighted by molar-refractivity contribution is 0.269. The molecule has 0 saturated carbocycles. The highest BCUT2D eigenvalue weighted by Crippen LogP contribution is 2.28. The number of carbonyl (C=O) groups excluding carboxylic acids is 1. The highest BCUT2D eigenvalue weighted by Gasteiger charge is 2.05. The lowest BCUT2D eigenvalue weighted by Gasteiger charge is -2.10. The Kier molecular flexibility index (Phi) is 3.41. The molecule has 0 radical (unpaired) electrons. The molecule has 0 aliphatic rings. The van der Waals surface area contributed by atoms with Crippen LogP contribution in [0.15, 0.2) is 12.1 Å². The van der Waals surface area contributed by atoms with E-state index in [1.54, 1.807) is 0 Å². The minimum Gasteiger partial charge on any atom is -0.388 e. The number of carbonyl (C=O) groups is 1. The fourth-order valence-electron chi connectivity index (χ4n) is 1.23. The molecule has 1 rings (SSSR count). The van der Waals surface area contributed by atoms with Crippen molar-refractivity contribution in [3.63, 3.8) is 0 Å². The van der Waals surface area contributed by atoms with E-state index in [1.165, 1.54) is 7.85 Å². The molecule has 0 saturated heterocycles. The summed E-state index contributed by atoms with van der Waals surface area (Å²) in [6.45, 7) is 1.95. The highest BCUT2D eigenvalue weighted by molar-refractivity contribution is 6.60. The molecular formula is C9H12BClN2O. The molecular weight excluding hydrogens is 198 g/mol. The Morgan fingerprint density at radius 2 is 2.07 bits per heavy atom. The van der Waals surface area contributed by atoms with Crippen LogP contribution in [-0.4, -0.2) is 20.7 Å². The van der Waals surface area contributed by atoms with Gasteiger partial charge in [0, 0.05) is 12.7 Å². The largest absolute Gasteiger partial charge is 0.388 e. The molecule has 0 spiro atoms. The van der Waals surface area contributed by atoms with Gasteiger partial charge in [0.15, 0.2) is 5.81 Å². The van der Waals surface area contributed by atoms with E-state index < -0.39 is 0 Å². The topological polar surface area (TPSA) is 41.1 Å². The summed E-state index contributed by atoms with van der Waals surface area (Å²) in [6, 6.07) is 3.64. The van der Waals surface area contributed by atoms with Gasteiger partial charge in [0.1, 0.15) is 0 Å². The van der Waals surface area contributed by atoms with Gasteiger partial charge in [-0.1, -0.05) is 11.6 Å². The first-order chi connectivity index (χ1) is 6.54. The molecule has 0 unspecified atom stereocenters. The normalized spacial score (nSPS) is 9.64. The molecule has 0 atom stereocenters. The second-order valence-electron chi connectivity index (χ2n) is 3.08. The van der Waals surface area contributed by atoms with Gasteiger partial charge in [-0.2, -0.15) is 0 Å². The second kappa shape index (κ2) is 4.37. The van der Waals surface area contributed by atoms with Crippen LogP contribution in [0.25, 0.3) is 0 Å². The quantitative estimate of drug-likeness (QED) is 0.732. The number of benzene rings is 1. The van der Waals surface area contributed by atoms with Gasteiger partial charge in [0.25, 0.3) is 0 Å². The Balaban J connectivity index is 3.10. The summed E-state index contributed by atoms with van der Waals surface area (Å²) >= 11 is 5.96. The average Bonchev–Trinajstić information content (AvgIpc) is 2.09. The van der Waals surface area contributed by atoms with Crippen molar-refractivity contribution in [2.75, 3.05) is 17.7 Å². The number of aryl methyl sites for hydroxylation is 1. The predicted octanol–water partition coefficient (Wildman–Crippen LogP) is 1.86. The molecule has 0 aliphatic heterocycles. The lowest BCUT2D eigenvalue weighted by atomic mass is 10.1. The molecule has 2 N–H and O–H groups in total. The van der Waals surface area contributed by atoms with Crippen LogP contribution < -0.4 is 10.6 Å². The minimum atomic E-state index is -0.127. The van der Waals surface area contributed by atoms with Crippen LogP contribution in [0.3, 0.4) is 0 Å². The SMILES string of the molecule is BC(=O)Nc1cc(NC)c(C)cc1Cl. The molecule has 5 heteroatoms. The number of anilines is 2. The average molecular weight is 210 g/mol. The van der Waals surface area contributed by atoms with Crippen LogP contribution >= 0.6 is 11.6 Å². The van der Waals surface area contributed by atoms with E-state index >= 15 is 0 Å². The fourth-order valence-corrected chi connectivity index (χ4v) is 1.49. The molecule has 1 aromatic rings. The first-order valence-corrected chi connectivity index (χ1v) is 4.68. The van der Waals surface area contributed by atoms with Crippen molar-refractivity contribution in [1.82, 2.24) is 0 Å². The molecule has 1 amide bonds. The number of amides is 1. The summed E-state index contributed by atoms with van der Waals surface area (Å²) in [4.78, 5) is 10.9. The van der Waals surface area contributed by atoms with E-state index in [0.717, 1.165) is 11.3 Å². The zero-order valence-electron chi connectivity index (χ0n) is 8.44. The maximum absolute atomic E-state index is 10.9. The Morgan fingerprint density at radius 1 is 1.43 bits per heavy atom. The van der Waals surface area contributed by atoms with Crippen LogP contribution in [0.5, 0.6) is 0 Å².